The van der Waals surface area contributed by atoms with E-state index in [2.05, 4.69) is 5.32 Å². The number of ether oxygens (including phenoxy) is 1. The van der Waals surface area contributed by atoms with Crippen LogP contribution in [0, 0.1) is 18.8 Å². The lowest BCUT2D eigenvalue weighted by atomic mass is 10.0. The molecule has 6 nitrogen and oxygen atoms in total. The Morgan fingerprint density at radius 1 is 1.04 bits per heavy atom. The third-order valence-corrected chi connectivity index (χ3v) is 5.81. The van der Waals surface area contributed by atoms with Crippen LogP contribution in [-0.4, -0.2) is 61.1 Å². The molecule has 2 aliphatic heterocycles. The van der Waals surface area contributed by atoms with Crippen molar-refractivity contribution in [3.63, 3.8) is 0 Å². The number of rotatable bonds is 3. The van der Waals surface area contributed by atoms with Gasteiger partial charge in [-0.2, -0.15) is 0 Å². The van der Waals surface area contributed by atoms with Gasteiger partial charge in [0.25, 0.3) is 5.91 Å². The lowest BCUT2D eigenvalue weighted by Gasteiger charge is -2.27. The molecule has 1 atom stereocenters. The molecule has 1 N–H and O–H groups in total. The van der Waals surface area contributed by atoms with Crippen LogP contribution >= 0.6 is 0 Å². The van der Waals surface area contributed by atoms with Crippen LogP contribution in [0.2, 0.25) is 0 Å². The molecule has 1 saturated carbocycles. The van der Waals surface area contributed by atoms with Crippen LogP contribution < -0.4 is 5.32 Å². The van der Waals surface area contributed by atoms with Crippen LogP contribution in [0.25, 0.3) is 0 Å². The van der Waals surface area contributed by atoms with Gasteiger partial charge in [0.2, 0.25) is 0 Å². The van der Waals surface area contributed by atoms with Crippen LogP contribution in [0.1, 0.15) is 35.2 Å². The van der Waals surface area contributed by atoms with Crippen molar-refractivity contribution in [2.24, 2.45) is 11.8 Å². The van der Waals surface area contributed by atoms with E-state index in [0.29, 0.717) is 37.8 Å². The summed E-state index contributed by atoms with van der Waals surface area (Å²) in [6.45, 7) is 6.11. The SMILES string of the molecule is Cc1cc(C(=O)N2CCOCC2)ccc1NC(=O)N1CCC(C2CC2)C1. The summed E-state index contributed by atoms with van der Waals surface area (Å²) in [7, 11) is 0. The lowest BCUT2D eigenvalue weighted by Crippen LogP contribution is -2.40. The molecule has 1 aromatic rings. The van der Waals surface area contributed by atoms with Crippen molar-refractivity contribution in [1.29, 1.82) is 0 Å². The Morgan fingerprint density at radius 3 is 2.50 bits per heavy atom. The third kappa shape index (κ3) is 3.70. The van der Waals surface area contributed by atoms with Gasteiger partial charge in [-0.25, -0.2) is 4.79 Å². The van der Waals surface area contributed by atoms with Crippen molar-refractivity contribution in [2.75, 3.05) is 44.7 Å². The van der Waals surface area contributed by atoms with E-state index in [0.717, 1.165) is 36.7 Å². The van der Waals surface area contributed by atoms with Crippen molar-refractivity contribution in [2.45, 2.75) is 26.2 Å². The van der Waals surface area contributed by atoms with Gasteiger partial charge in [0.05, 0.1) is 13.2 Å². The predicted molar refractivity (Wildman–Crippen MR) is 99.3 cm³/mol. The zero-order valence-electron chi connectivity index (χ0n) is 15.4. The second-order valence-electron chi connectivity index (χ2n) is 7.70. The highest BCUT2D eigenvalue weighted by Crippen LogP contribution is 2.41. The summed E-state index contributed by atoms with van der Waals surface area (Å²) in [5.74, 6) is 1.57. The van der Waals surface area contributed by atoms with Crippen LogP contribution in [0.15, 0.2) is 18.2 Å². The number of hydrogen-bond acceptors (Lipinski definition) is 3. The van der Waals surface area contributed by atoms with E-state index in [4.69, 9.17) is 4.74 Å². The molecule has 2 heterocycles. The maximum Gasteiger partial charge on any atom is 0.321 e. The summed E-state index contributed by atoms with van der Waals surface area (Å²) in [6, 6.07) is 5.49. The number of likely N-dealkylation sites (tertiary alicyclic amines) is 1. The van der Waals surface area contributed by atoms with Gasteiger partial charge in [-0.1, -0.05) is 0 Å². The number of aryl methyl sites for hydroxylation is 1. The molecule has 0 radical (unpaired) electrons. The normalized spacial score (nSPS) is 23.2. The number of nitrogens with one attached hydrogen (secondary N) is 1. The van der Waals surface area contributed by atoms with Crippen molar-refractivity contribution in [1.82, 2.24) is 9.80 Å². The summed E-state index contributed by atoms with van der Waals surface area (Å²) in [4.78, 5) is 28.9. The average Bonchev–Trinajstić information content (AvgIpc) is 3.40. The number of benzene rings is 1. The fraction of sp³-hybridized carbons (Fsp3) is 0.600. The molecule has 6 heteroatoms. The number of carbonyl (C=O) groups is 2. The fourth-order valence-electron chi connectivity index (χ4n) is 4.00. The molecule has 1 aromatic carbocycles. The van der Waals surface area contributed by atoms with E-state index in [-0.39, 0.29) is 11.9 Å². The highest BCUT2D eigenvalue weighted by Gasteiger charge is 2.37. The standard InChI is InChI=1S/C20H27N3O3/c1-14-12-16(19(24)22-8-10-26-11-9-22)4-5-18(14)21-20(25)23-7-6-17(13-23)15-2-3-15/h4-5,12,15,17H,2-3,6-11,13H2,1H3,(H,21,25). The van der Waals surface area contributed by atoms with Gasteiger partial charge in [-0.15, -0.1) is 0 Å². The van der Waals surface area contributed by atoms with Crippen LogP contribution in [0.4, 0.5) is 10.5 Å². The molecular weight excluding hydrogens is 330 g/mol. The second-order valence-corrected chi connectivity index (χ2v) is 7.70. The largest absolute Gasteiger partial charge is 0.378 e. The Bertz CT molecular complexity index is 696. The Balaban J connectivity index is 1.38. The third-order valence-electron chi connectivity index (χ3n) is 5.81. The number of amides is 3. The minimum absolute atomic E-state index is 0.0245. The minimum atomic E-state index is -0.0245. The van der Waals surface area contributed by atoms with E-state index in [9.17, 15) is 9.59 Å². The van der Waals surface area contributed by atoms with Crippen molar-refractivity contribution in [3.05, 3.63) is 29.3 Å². The molecule has 0 aromatic heterocycles. The van der Waals surface area contributed by atoms with E-state index >= 15 is 0 Å². The highest BCUT2D eigenvalue weighted by molar-refractivity contribution is 5.96. The molecule has 3 aliphatic rings. The molecule has 3 amide bonds. The van der Waals surface area contributed by atoms with Gasteiger partial charge >= 0.3 is 6.03 Å². The first-order valence-electron chi connectivity index (χ1n) is 9.65. The molecule has 1 unspecified atom stereocenters. The number of urea groups is 1. The van der Waals surface area contributed by atoms with Gasteiger partial charge in [0, 0.05) is 37.4 Å². The highest BCUT2D eigenvalue weighted by atomic mass is 16.5. The first-order valence-corrected chi connectivity index (χ1v) is 9.65. The zero-order chi connectivity index (χ0) is 18.1. The topological polar surface area (TPSA) is 61.9 Å². The van der Waals surface area contributed by atoms with Gasteiger partial charge in [-0.3, -0.25) is 4.79 Å². The van der Waals surface area contributed by atoms with Crippen molar-refractivity contribution in [3.8, 4) is 0 Å². The lowest BCUT2D eigenvalue weighted by molar-refractivity contribution is 0.0303. The first-order chi connectivity index (χ1) is 12.6. The summed E-state index contributed by atoms with van der Waals surface area (Å²) >= 11 is 0. The molecule has 2 saturated heterocycles. The maximum absolute atomic E-state index is 12.6. The Hall–Kier alpha value is -2.08. The number of morpholine rings is 1. The number of carbonyl (C=O) groups excluding carboxylic acids is 2. The van der Waals surface area contributed by atoms with E-state index < -0.39 is 0 Å². The monoisotopic (exact) mass is 357 g/mol. The molecule has 0 bridgehead atoms. The number of hydrogen-bond donors (Lipinski definition) is 1. The molecule has 140 valence electrons. The Kier molecular flexibility index (Phi) is 4.85. The van der Waals surface area contributed by atoms with Crippen LogP contribution in [0.3, 0.4) is 0 Å². The summed E-state index contributed by atoms with van der Waals surface area (Å²) in [6.07, 6.45) is 3.79. The fourth-order valence-corrected chi connectivity index (χ4v) is 4.00. The van der Waals surface area contributed by atoms with E-state index in [1.807, 2.05) is 28.9 Å². The summed E-state index contributed by atoms with van der Waals surface area (Å²) < 4.78 is 5.30. The molecular formula is C20H27N3O3. The molecule has 26 heavy (non-hydrogen) atoms. The zero-order valence-corrected chi connectivity index (χ0v) is 15.4. The van der Waals surface area contributed by atoms with E-state index in [1.54, 1.807) is 6.07 Å². The molecule has 1 aliphatic carbocycles. The van der Waals surface area contributed by atoms with E-state index in [1.165, 1.54) is 12.8 Å². The van der Waals surface area contributed by atoms with Crippen molar-refractivity contribution >= 4 is 17.6 Å². The maximum atomic E-state index is 12.6. The Labute approximate surface area is 154 Å². The van der Waals surface area contributed by atoms with Gasteiger partial charge in [0.15, 0.2) is 0 Å². The second kappa shape index (κ2) is 7.27. The van der Waals surface area contributed by atoms with Gasteiger partial charge in [-0.05, 0) is 61.8 Å². The molecule has 4 rings (SSSR count). The smallest absolute Gasteiger partial charge is 0.321 e. The molecule has 0 spiro atoms. The minimum Gasteiger partial charge on any atom is -0.378 e. The average molecular weight is 357 g/mol. The quantitative estimate of drug-likeness (QED) is 0.905. The van der Waals surface area contributed by atoms with Gasteiger partial charge < -0.3 is 19.9 Å². The van der Waals surface area contributed by atoms with Crippen LogP contribution in [0.5, 0.6) is 0 Å². The first kappa shape index (κ1) is 17.3. The van der Waals surface area contributed by atoms with Crippen molar-refractivity contribution < 1.29 is 14.3 Å². The Morgan fingerprint density at radius 2 is 1.81 bits per heavy atom. The molecule has 3 fully saturated rings. The number of anilines is 1. The van der Waals surface area contributed by atoms with Crippen LogP contribution in [-0.2, 0) is 4.74 Å². The summed E-state index contributed by atoms with van der Waals surface area (Å²) in [5, 5.41) is 3.02. The predicted octanol–water partition coefficient (Wildman–Crippen LogP) is 2.73. The number of nitrogens with zero attached hydrogens (tertiary/aromatic N) is 2. The van der Waals surface area contributed by atoms with Gasteiger partial charge in [0.1, 0.15) is 0 Å². The summed E-state index contributed by atoms with van der Waals surface area (Å²) in [5.41, 5.74) is 2.36.